The van der Waals surface area contributed by atoms with Crippen LogP contribution in [0, 0.1) is 0 Å². The standard InChI is InChI=1S/C20H40N2O4/c1-5-7-9-11-13-15(3)22(16(4)14-12-10-8-6-2)20(26)18(24)17(23)19(21)25/h15-18,23-24H,5-14H2,1-4H3,(H2,21,25)/t15?,16?,17-,18-/m1/s1. The second kappa shape index (κ2) is 14.0. The molecule has 0 bridgehead atoms. The third-order valence-electron chi connectivity index (χ3n) is 5.00. The fourth-order valence-electron chi connectivity index (χ4n) is 3.32. The Balaban J connectivity index is 5.00. The van der Waals surface area contributed by atoms with Crippen LogP contribution < -0.4 is 5.73 Å². The highest BCUT2D eigenvalue weighted by Gasteiger charge is 2.35. The normalized spacial score (nSPS) is 15.9. The van der Waals surface area contributed by atoms with Gasteiger partial charge >= 0.3 is 0 Å². The summed E-state index contributed by atoms with van der Waals surface area (Å²) in [4.78, 5) is 25.5. The predicted octanol–water partition coefficient (Wildman–Crippen LogP) is 2.74. The molecule has 0 spiro atoms. The van der Waals surface area contributed by atoms with Gasteiger partial charge in [-0.25, -0.2) is 0 Å². The first-order valence-electron chi connectivity index (χ1n) is 10.2. The molecule has 2 unspecified atom stereocenters. The second-order valence-electron chi connectivity index (χ2n) is 7.43. The van der Waals surface area contributed by atoms with Gasteiger partial charge in [-0.1, -0.05) is 65.2 Å². The topological polar surface area (TPSA) is 104 Å². The Hall–Kier alpha value is -1.14. The van der Waals surface area contributed by atoms with Gasteiger partial charge in [-0.2, -0.15) is 0 Å². The molecule has 4 atom stereocenters. The zero-order valence-electron chi connectivity index (χ0n) is 17.1. The van der Waals surface area contributed by atoms with E-state index in [4.69, 9.17) is 5.73 Å². The van der Waals surface area contributed by atoms with Gasteiger partial charge in [0.15, 0.2) is 12.2 Å². The molecule has 6 heteroatoms. The predicted molar refractivity (Wildman–Crippen MR) is 104 cm³/mol. The van der Waals surface area contributed by atoms with Gasteiger partial charge in [0.1, 0.15) is 0 Å². The number of carbonyl (C=O) groups excluding carboxylic acids is 2. The SMILES string of the molecule is CCCCCCC(C)N(C(=O)[C@H](O)[C@@H](O)C(N)=O)C(C)CCCCCC. The zero-order chi connectivity index (χ0) is 20.1. The maximum atomic E-state index is 12.8. The number of hydrogen-bond donors (Lipinski definition) is 3. The van der Waals surface area contributed by atoms with Gasteiger partial charge in [0.05, 0.1) is 0 Å². The Morgan fingerprint density at radius 1 is 0.808 bits per heavy atom. The van der Waals surface area contributed by atoms with Crippen LogP contribution in [0.3, 0.4) is 0 Å². The molecule has 26 heavy (non-hydrogen) atoms. The van der Waals surface area contributed by atoms with E-state index in [1.165, 1.54) is 0 Å². The minimum Gasteiger partial charge on any atom is -0.380 e. The van der Waals surface area contributed by atoms with Crippen LogP contribution in [-0.4, -0.2) is 51.2 Å². The number of unbranched alkanes of at least 4 members (excludes halogenated alkanes) is 6. The number of amides is 2. The molecule has 0 radical (unpaired) electrons. The number of rotatable bonds is 15. The lowest BCUT2D eigenvalue weighted by Gasteiger charge is -2.37. The van der Waals surface area contributed by atoms with Crippen molar-refractivity contribution in [3.05, 3.63) is 0 Å². The molecule has 6 nitrogen and oxygen atoms in total. The van der Waals surface area contributed by atoms with Crippen molar-refractivity contribution in [3.8, 4) is 0 Å². The average molecular weight is 373 g/mol. The van der Waals surface area contributed by atoms with Crippen LogP contribution in [0.1, 0.15) is 91.9 Å². The van der Waals surface area contributed by atoms with E-state index in [9.17, 15) is 19.8 Å². The van der Waals surface area contributed by atoms with Crippen LogP contribution in [-0.2, 0) is 9.59 Å². The number of primary amides is 1. The van der Waals surface area contributed by atoms with E-state index >= 15 is 0 Å². The van der Waals surface area contributed by atoms with Crippen molar-refractivity contribution >= 4 is 11.8 Å². The molecular weight excluding hydrogens is 332 g/mol. The third kappa shape index (κ3) is 8.99. The minimum atomic E-state index is -1.87. The fraction of sp³-hybridized carbons (Fsp3) is 0.900. The summed E-state index contributed by atoms with van der Waals surface area (Å²) in [5, 5.41) is 19.8. The Morgan fingerprint density at radius 3 is 1.58 bits per heavy atom. The van der Waals surface area contributed by atoms with Crippen molar-refractivity contribution in [2.24, 2.45) is 5.73 Å². The van der Waals surface area contributed by atoms with Gasteiger partial charge in [-0.3, -0.25) is 9.59 Å². The van der Waals surface area contributed by atoms with Crippen molar-refractivity contribution in [2.45, 2.75) is 116 Å². The molecular formula is C20H40N2O4. The molecule has 0 rings (SSSR count). The van der Waals surface area contributed by atoms with Gasteiger partial charge in [0.25, 0.3) is 5.91 Å². The number of hydrogen-bond acceptors (Lipinski definition) is 4. The molecule has 0 aromatic rings. The number of nitrogens with two attached hydrogens (primary N) is 1. The van der Waals surface area contributed by atoms with Crippen LogP contribution >= 0.6 is 0 Å². The first-order chi connectivity index (χ1) is 12.3. The summed E-state index contributed by atoms with van der Waals surface area (Å²) in [6.07, 6.45) is 6.86. The molecule has 0 aliphatic rings. The van der Waals surface area contributed by atoms with E-state index in [2.05, 4.69) is 13.8 Å². The lowest BCUT2D eigenvalue weighted by molar-refractivity contribution is -0.155. The smallest absolute Gasteiger partial charge is 0.255 e. The lowest BCUT2D eigenvalue weighted by Crippen LogP contribution is -2.54. The monoisotopic (exact) mass is 372 g/mol. The van der Waals surface area contributed by atoms with Gasteiger partial charge in [-0.15, -0.1) is 0 Å². The molecule has 0 fully saturated rings. The van der Waals surface area contributed by atoms with Crippen molar-refractivity contribution < 1.29 is 19.8 Å². The van der Waals surface area contributed by atoms with Crippen LogP contribution in [0.15, 0.2) is 0 Å². The number of aliphatic hydroxyl groups is 2. The van der Waals surface area contributed by atoms with E-state index in [-0.39, 0.29) is 12.1 Å². The number of carbonyl (C=O) groups is 2. The second-order valence-corrected chi connectivity index (χ2v) is 7.43. The highest BCUT2D eigenvalue weighted by molar-refractivity contribution is 5.90. The lowest BCUT2D eigenvalue weighted by atomic mass is 10.0. The van der Waals surface area contributed by atoms with Crippen molar-refractivity contribution in [1.29, 1.82) is 0 Å². The van der Waals surface area contributed by atoms with Gasteiger partial charge < -0.3 is 20.8 Å². The maximum Gasteiger partial charge on any atom is 0.255 e. The van der Waals surface area contributed by atoms with Crippen molar-refractivity contribution in [1.82, 2.24) is 4.90 Å². The molecule has 2 amide bonds. The first-order valence-corrected chi connectivity index (χ1v) is 10.2. The summed E-state index contributed by atoms with van der Waals surface area (Å²) in [5.74, 6) is -1.70. The summed E-state index contributed by atoms with van der Waals surface area (Å²) in [5.41, 5.74) is 5.03. The van der Waals surface area contributed by atoms with Crippen LogP contribution in [0.2, 0.25) is 0 Å². The van der Waals surface area contributed by atoms with Gasteiger partial charge in [0, 0.05) is 12.1 Å². The fourth-order valence-corrected chi connectivity index (χ4v) is 3.32. The van der Waals surface area contributed by atoms with E-state index in [1.807, 2.05) is 13.8 Å². The summed E-state index contributed by atoms with van der Waals surface area (Å²) in [6, 6.07) is -0.120. The van der Waals surface area contributed by atoms with E-state index in [0.29, 0.717) is 0 Å². The highest BCUT2D eigenvalue weighted by atomic mass is 16.3. The quantitative estimate of drug-likeness (QED) is 0.384. The Bertz CT molecular complexity index is 385. The molecule has 0 saturated carbocycles. The van der Waals surface area contributed by atoms with E-state index in [0.717, 1.165) is 64.2 Å². The highest BCUT2D eigenvalue weighted by Crippen LogP contribution is 2.20. The molecule has 0 aliphatic carbocycles. The Kier molecular flexibility index (Phi) is 13.4. The maximum absolute atomic E-state index is 12.8. The number of nitrogens with zero attached hydrogens (tertiary/aromatic N) is 1. The summed E-state index contributed by atoms with van der Waals surface area (Å²) < 4.78 is 0. The van der Waals surface area contributed by atoms with Crippen LogP contribution in [0.4, 0.5) is 0 Å². The molecule has 4 N–H and O–H groups in total. The largest absolute Gasteiger partial charge is 0.380 e. The Labute approximate surface area is 159 Å². The Morgan fingerprint density at radius 2 is 1.23 bits per heavy atom. The van der Waals surface area contributed by atoms with Crippen LogP contribution in [0.25, 0.3) is 0 Å². The summed E-state index contributed by atoms with van der Waals surface area (Å²) in [6.45, 7) is 8.24. The molecule has 0 saturated heterocycles. The third-order valence-corrected chi connectivity index (χ3v) is 5.00. The van der Waals surface area contributed by atoms with E-state index in [1.54, 1.807) is 4.90 Å². The zero-order valence-corrected chi connectivity index (χ0v) is 17.1. The van der Waals surface area contributed by atoms with Crippen molar-refractivity contribution in [3.63, 3.8) is 0 Å². The van der Waals surface area contributed by atoms with E-state index < -0.39 is 24.0 Å². The van der Waals surface area contributed by atoms with Crippen molar-refractivity contribution in [2.75, 3.05) is 0 Å². The number of aliphatic hydroxyl groups excluding tert-OH is 2. The molecule has 0 heterocycles. The first kappa shape index (κ1) is 24.9. The summed E-state index contributed by atoms with van der Waals surface area (Å²) in [7, 11) is 0. The molecule has 0 aliphatic heterocycles. The molecule has 154 valence electrons. The van der Waals surface area contributed by atoms with Gasteiger partial charge in [-0.05, 0) is 26.7 Å². The van der Waals surface area contributed by atoms with Crippen LogP contribution in [0.5, 0.6) is 0 Å². The summed E-state index contributed by atoms with van der Waals surface area (Å²) >= 11 is 0. The minimum absolute atomic E-state index is 0.0599. The molecule has 0 aromatic carbocycles. The average Bonchev–Trinajstić information content (AvgIpc) is 2.61. The molecule has 0 aromatic heterocycles. The van der Waals surface area contributed by atoms with Gasteiger partial charge in [0.2, 0.25) is 5.91 Å².